The Morgan fingerprint density at radius 2 is 1.55 bits per heavy atom. The van der Waals surface area contributed by atoms with Crippen LogP contribution < -0.4 is 5.73 Å². The van der Waals surface area contributed by atoms with Crippen molar-refractivity contribution >= 4 is 11.8 Å². The van der Waals surface area contributed by atoms with E-state index in [-0.39, 0.29) is 11.8 Å². The zero-order valence-electron chi connectivity index (χ0n) is 12.4. The number of amides is 2. The average molecular weight is 281 g/mol. The molecule has 2 aliphatic rings. The van der Waals surface area contributed by atoms with Gasteiger partial charge in [-0.3, -0.25) is 9.59 Å². The molecule has 5 heteroatoms. The van der Waals surface area contributed by atoms with Crippen molar-refractivity contribution < 1.29 is 9.59 Å². The summed E-state index contributed by atoms with van der Waals surface area (Å²) in [6.45, 7) is 4.45. The number of nitrogens with zero attached hydrogens (tertiary/aromatic N) is 2. The fraction of sp³-hybridized carbons (Fsp3) is 0.867. The van der Waals surface area contributed by atoms with Crippen molar-refractivity contribution in [3.05, 3.63) is 0 Å². The first-order chi connectivity index (χ1) is 9.66. The van der Waals surface area contributed by atoms with Crippen molar-refractivity contribution in [2.75, 3.05) is 32.7 Å². The van der Waals surface area contributed by atoms with Crippen molar-refractivity contribution in [3.8, 4) is 0 Å². The molecule has 2 aliphatic heterocycles. The Morgan fingerprint density at radius 3 is 2.10 bits per heavy atom. The normalized spacial score (nSPS) is 22.5. The maximum atomic E-state index is 12.5. The fourth-order valence-electron chi connectivity index (χ4n) is 3.22. The standard InChI is InChI=1S/C15H27N3O2/c16-14(19)7-12-17-10-5-13(6-11-17)15(20)18-8-3-1-2-4-9-18/h13H,1-12H2,(H2,16,19). The lowest BCUT2D eigenvalue weighted by molar-refractivity contribution is -0.137. The van der Waals surface area contributed by atoms with Crippen LogP contribution in [0.25, 0.3) is 0 Å². The van der Waals surface area contributed by atoms with Crippen LogP contribution in [0.15, 0.2) is 0 Å². The van der Waals surface area contributed by atoms with Gasteiger partial charge in [0.2, 0.25) is 11.8 Å². The minimum absolute atomic E-state index is 0.193. The molecule has 5 nitrogen and oxygen atoms in total. The first-order valence-corrected chi connectivity index (χ1v) is 7.96. The van der Waals surface area contributed by atoms with Gasteiger partial charge in [0.25, 0.3) is 0 Å². The van der Waals surface area contributed by atoms with E-state index in [0.717, 1.165) is 58.4 Å². The molecule has 0 saturated carbocycles. The molecule has 0 atom stereocenters. The number of hydrogen-bond acceptors (Lipinski definition) is 3. The number of hydrogen-bond donors (Lipinski definition) is 1. The van der Waals surface area contributed by atoms with Crippen LogP contribution in [0, 0.1) is 5.92 Å². The Bertz CT molecular complexity index is 330. The summed E-state index contributed by atoms with van der Waals surface area (Å²) in [6, 6.07) is 0. The van der Waals surface area contributed by atoms with Gasteiger partial charge in [-0.2, -0.15) is 0 Å². The maximum Gasteiger partial charge on any atom is 0.225 e. The van der Waals surface area contributed by atoms with Crippen molar-refractivity contribution in [1.29, 1.82) is 0 Å². The Kier molecular flexibility index (Phi) is 5.83. The molecular formula is C15H27N3O2. The topological polar surface area (TPSA) is 66.6 Å². The van der Waals surface area contributed by atoms with Gasteiger partial charge in [0, 0.05) is 32.0 Å². The Labute approximate surface area is 121 Å². The SMILES string of the molecule is NC(=O)CCN1CCC(C(=O)N2CCCCCC2)CC1. The summed E-state index contributed by atoms with van der Waals surface area (Å²) in [5.41, 5.74) is 5.17. The van der Waals surface area contributed by atoms with Gasteiger partial charge in [-0.05, 0) is 38.8 Å². The molecule has 0 radical (unpaired) electrons. The van der Waals surface area contributed by atoms with E-state index in [9.17, 15) is 9.59 Å². The third-order valence-electron chi connectivity index (χ3n) is 4.53. The second-order valence-electron chi connectivity index (χ2n) is 6.07. The highest BCUT2D eigenvalue weighted by molar-refractivity contribution is 5.79. The van der Waals surface area contributed by atoms with Crippen molar-refractivity contribution in [2.45, 2.75) is 44.9 Å². The molecule has 2 heterocycles. The average Bonchev–Trinajstić information content (AvgIpc) is 2.74. The quantitative estimate of drug-likeness (QED) is 0.835. The highest BCUT2D eigenvalue weighted by Crippen LogP contribution is 2.21. The van der Waals surface area contributed by atoms with Crippen LogP contribution in [0.3, 0.4) is 0 Å². The summed E-state index contributed by atoms with van der Waals surface area (Å²) < 4.78 is 0. The predicted molar refractivity (Wildman–Crippen MR) is 78.0 cm³/mol. The molecule has 2 amide bonds. The number of carbonyl (C=O) groups is 2. The third kappa shape index (κ3) is 4.47. The number of piperidine rings is 1. The minimum Gasteiger partial charge on any atom is -0.370 e. The maximum absolute atomic E-state index is 12.5. The molecule has 2 saturated heterocycles. The van der Waals surface area contributed by atoms with E-state index in [4.69, 9.17) is 5.73 Å². The van der Waals surface area contributed by atoms with Gasteiger partial charge in [-0.1, -0.05) is 12.8 Å². The summed E-state index contributed by atoms with van der Waals surface area (Å²) in [5, 5.41) is 0. The lowest BCUT2D eigenvalue weighted by Crippen LogP contribution is -2.43. The zero-order chi connectivity index (χ0) is 14.4. The van der Waals surface area contributed by atoms with E-state index >= 15 is 0 Å². The number of primary amides is 1. The molecule has 0 bridgehead atoms. The summed E-state index contributed by atoms with van der Waals surface area (Å²) in [6.07, 6.45) is 7.10. The molecule has 2 rings (SSSR count). The molecule has 20 heavy (non-hydrogen) atoms. The van der Waals surface area contributed by atoms with Gasteiger partial charge >= 0.3 is 0 Å². The lowest BCUT2D eigenvalue weighted by Gasteiger charge is -2.33. The highest BCUT2D eigenvalue weighted by atomic mass is 16.2. The van der Waals surface area contributed by atoms with E-state index < -0.39 is 0 Å². The number of rotatable bonds is 4. The van der Waals surface area contributed by atoms with Gasteiger partial charge in [0.05, 0.1) is 0 Å². The van der Waals surface area contributed by atoms with Gasteiger partial charge in [0.15, 0.2) is 0 Å². The molecule has 0 aliphatic carbocycles. The van der Waals surface area contributed by atoms with Crippen LogP contribution in [0.2, 0.25) is 0 Å². The summed E-state index contributed by atoms with van der Waals surface area (Å²) in [4.78, 5) is 27.6. The molecule has 0 spiro atoms. The Balaban J connectivity index is 1.74. The van der Waals surface area contributed by atoms with Crippen LogP contribution in [-0.4, -0.2) is 54.3 Å². The number of likely N-dealkylation sites (tertiary alicyclic amines) is 2. The first kappa shape index (κ1) is 15.3. The number of nitrogens with two attached hydrogens (primary N) is 1. The van der Waals surface area contributed by atoms with Crippen LogP contribution >= 0.6 is 0 Å². The largest absolute Gasteiger partial charge is 0.370 e. The van der Waals surface area contributed by atoms with Crippen LogP contribution in [0.4, 0.5) is 0 Å². The molecule has 0 aromatic rings. The third-order valence-corrected chi connectivity index (χ3v) is 4.53. The molecule has 2 fully saturated rings. The van der Waals surface area contributed by atoms with Crippen LogP contribution in [0.1, 0.15) is 44.9 Å². The Hall–Kier alpha value is -1.10. The highest BCUT2D eigenvalue weighted by Gasteiger charge is 2.28. The van der Waals surface area contributed by atoms with Crippen molar-refractivity contribution in [2.24, 2.45) is 11.7 Å². The monoisotopic (exact) mass is 281 g/mol. The fourth-order valence-corrected chi connectivity index (χ4v) is 3.22. The molecule has 0 unspecified atom stereocenters. The second kappa shape index (κ2) is 7.62. The van der Waals surface area contributed by atoms with Gasteiger partial charge in [0.1, 0.15) is 0 Å². The zero-order valence-corrected chi connectivity index (χ0v) is 12.4. The predicted octanol–water partition coefficient (Wildman–Crippen LogP) is 0.976. The smallest absolute Gasteiger partial charge is 0.225 e. The van der Waals surface area contributed by atoms with E-state index in [2.05, 4.69) is 9.80 Å². The van der Waals surface area contributed by atoms with E-state index in [1.807, 2.05) is 0 Å². The van der Waals surface area contributed by atoms with Crippen LogP contribution in [0.5, 0.6) is 0 Å². The molecule has 0 aromatic heterocycles. The molecular weight excluding hydrogens is 254 g/mol. The lowest BCUT2D eigenvalue weighted by atomic mass is 9.95. The van der Waals surface area contributed by atoms with E-state index in [0.29, 0.717) is 12.3 Å². The molecule has 114 valence electrons. The van der Waals surface area contributed by atoms with E-state index in [1.54, 1.807) is 0 Å². The second-order valence-corrected chi connectivity index (χ2v) is 6.07. The van der Waals surface area contributed by atoms with Gasteiger partial charge < -0.3 is 15.5 Å². The summed E-state index contributed by atoms with van der Waals surface area (Å²) in [7, 11) is 0. The summed E-state index contributed by atoms with van der Waals surface area (Å²) in [5.74, 6) is 0.312. The van der Waals surface area contributed by atoms with E-state index in [1.165, 1.54) is 12.8 Å². The van der Waals surface area contributed by atoms with Crippen LogP contribution in [-0.2, 0) is 9.59 Å². The van der Waals surface area contributed by atoms with Gasteiger partial charge in [-0.15, -0.1) is 0 Å². The Morgan fingerprint density at radius 1 is 0.950 bits per heavy atom. The first-order valence-electron chi connectivity index (χ1n) is 7.96. The summed E-state index contributed by atoms with van der Waals surface area (Å²) >= 11 is 0. The van der Waals surface area contributed by atoms with Gasteiger partial charge in [-0.25, -0.2) is 0 Å². The number of carbonyl (C=O) groups excluding carboxylic acids is 2. The van der Waals surface area contributed by atoms with Crippen molar-refractivity contribution in [3.63, 3.8) is 0 Å². The minimum atomic E-state index is -0.243. The van der Waals surface area contributed by atoms with Crippen molar-refractivity contribution in [1.82, 2.24) is 9.80 Å². The molecule has 2 N–H and O–H groups in total. The molecule has 0 aromatic carbocycles.